The summed E-state index contributed by atoms with van der Waals surface area (Å²) >= 11 is 0. The SMILES string of the molecule is CC(C)N1CCN(C2CN(C3CN(C4CN(C(C)C)C4)C3)C2)CC1. The van der Waals surface area contributed by atoms with Crippen molar-refractivity contribution in [1.82, 2.24) is 24.5 Å². The Bertz CT molecular complexity index is 413. The third kappa shape index (κ3) is 3.26. The van der Waals surface area contributed by atoms with E-state index >= 15 is 0 Å². The predicted molar refractivity (Wildman–Crippen MR) is 99.5 cm³/mol. The number of piperazine rings is 1. The number of hydrogen-bond donors (Lipinski definition) is 0. The Labute approximate surface area is 148 Å². The average Bonchev–Trinajstić information content (AvgIpc) is 2.40. The van der Waals surface area contributed by atoms with Crippen LogP contribution in [0.5, 0.6) is 0 Å². The van der Waals surface area contributed by atoms with Gasteiger partial charge in [0.25, 0.3) is 0 Å². The normalized spacial score (nSPS) is 30.8. The summed E-state index contributed by atoms with van der Waals surface area (Å²) in [6, 6.07) is 3.99. The van der Waals surface area contributed by atoms with Crippen LogP contribution in [-0.2, 0) is 0 Å². The molecule has 0 aromatic carbocycles. The van der Waals surface area contributed by atoms with Crippen molar-refractivity contribution in [2.45, 2.75) is 57.9 Å². The van der Waals surface area contributed by atoms with Gasteiger partial charge in [-0.25, -0.2) is 0 Å². The van der Waals surface area contributed by atoms with Crippen molar-refractivity contribution in [2.75, 3.05) is 65.4 Å². The molecule has 0 spiro atoms. The van der Waals surface area contributed by atoms with Crippen LogP contribution in [0.2, 0.25) is 0 Å². The van der Waals surface area contributed by atoms with Crippen molar-refractivity contribution in [1.29, 1.82) is 0 Å². The summed E-state index contributed by atoms with van der Waals surface area (Å²) in [6.45, 7) is 22.3. The zero-order valence-corrected chi connectivity index (χ0v) is 16.2. The Morgan fingerprint density at radius 2 is 0.917 bits per heavy atom. The molecule has 4 aliphatic rings. The van der Waals surface area contributed by atoms with Gasteiger partial charge >= 0.3 is 0 Å². The van der Waals surface area contributed by atoms with Gasteiger partial charge < -0.3 is 0 Å². The fraction of sp³-hybridized carbons (Fsp3) is 1.00. The Hall–Kier alpha value is -0.200. The second kappa shape index (κ2) is 6.84. The highest BCUT2D eigenvalue weighted by Gasteiger charge is 2.45. The van der Waals surface area contributed by atoms with Crippen molar-refractivity contribution in [3.05, 3.63) is 0 Å². The minimum absolute atomic E-state index is 0.712. The molecule has 0 aromatic rings. The summed E-state index contributed by atoms with van der Waals surface area (Å²) in [6.07, 6.45) is 0. The van der Waals surface area contributed by atoms with E-state index in [1.807, 2.05) is 0 Å². The van der Waals surface area contributed by atoms with Crippen LogP contribution in [0.1, 0.15) is 27.7 Å². The molecule has 24 heavy (non-hydrogen) atoms. The quantitative estimate of drug-likeness (QED) is 0.724. The Kier molecular flexibility index (Phi) is 4.91. The first-order chi connectivity index (χ1) is 11.5. The Balaban J connectivity index is 1.12. The van der Waals surface area contributed by atoms with Crippen molar-refractivity contribution in [2.24, 2.45) is 0 Å². The number of hydrogen-bond acceptors (Lipinski definition) is 5. The standard InChI is InChI=1S/C19H37N5/c1-15(2)20-5-7-21(8-6-20)17-11-23(12-17)19-13-24(14-19)18-9-22(10-18)16(3)4/h15-19H,5-14H2,1-4H3. The highest BCUT2D eigenvalue weighted by molar-refractivity contribution is 5.02. The van der Waals surface area contributed by atoms with Crippen LogP contribution in [0.4, 0.5) is 0 Å². The summed E-state index contributed by atoms with van der Waals surface area (Å²) in [5.74, 6) is 0. The summed E-state index contributed by atoms with van der Waals surface area (Å²) < 4.78 is 0. The molecular formula is C19H37N5. The number of rotatable bonds is 5. The molecule has 0 N–H and O–H groups in total. The van der Waals surface area contributed by atoms with Crippen LogP contribution >= 0.6 is 0 Å². The first-order valence-corrected chi connectivity index (χ1v) is 10.2. The van der Waals surface area contributed by atoms with Gasteiger partial charge in [0.2, 0.25) is 0 Å². The monoisotopic (exact) mass is 335 g/mol. The molecule has 0 bridgehead atoms. The van der Waals surface area contributed by atoms with E-state index < -0.39 is 0 Å². The maximum atomic E-state index is 2.75. The third-order valence-corrected chi connectivity index (χ3v) is 7.03. The lowest BCUT2D eigenvalue weighted by Gasteiger charge is -2.59. The van der Waals surface area contributed by atoms with Gasteiger partial charge in [-0.2, -0.15) is 0 Å². The van der Waals surface area contributed by atoms with E-state index in [2.05, 4.69) is 52.2 Å². The van der Waals surface area contributed by atoms with Gasteiger partial charge in [-0.15, -0.1) is 0 Å². The molecule has 4 rings (SSSR count). The largest absolute Gasteiger partial charge is 0.298 e. The molecule has 0 amide bonds. The predicted octanol–water partition coefficient (Wildman–Crippen LogP) is 0.473. The number of likely N-dealkylation sites (tertiary alicyclic amines) is 3. The molecule has 0 atom stereocenters. The Morgan fingerprint density at radius 1 is 0.500 bits per heavy atom. The van der Waals surface area contributed by atoms with Gasteiger partial charge in [-0.05, 0) is 27.7 Å². The van der Waals surface area contributed by atoms with Crippen LogP contribution < -0.4 is 0 Å². The lowest BCUT2D eigenvalue weighted by molar-refractivity contribution is -0.0965. The highest BCUT2D eigenvalue weighted by atomic mass is 15.4. The summed E-state index contributed by atoms with van der Waals surface area (Å²) in [5, 5.41) is 0. The maximum absolute atomic E-state index is 2.75. The van der Waals surface area contributed by atoms with Crippen LogP contribution in [0, 0.1) is 0 Å². The first-order valence-electron chi connectivity index (χ1n) is 10.2. The molecular weight excluding hydrogens is 298 g/mol. The topological polar surface area (TPSA) is 16.2 Å². The lowest BCUT2D eigenvalue weighted by Crippen LogP contribution is -2.74. The smallest absolute Gasteiger partial charge is 0.0352 e. The maximum Gasteiger partial charge on any atom is 0.0352 e. The number of nitrogens with zero attached hydrogens (tertiary/aromatic N) is 5. The average molecular weight is 336 g/mol. The van der Waals surface area contributed by atoms with Crippen LogP contribution in [0.3, 0.4) is 0 Å². The van der Waals surface area contributed by atoms with Crippen molar-refractivity contribution < 1.29 is 0 Å². The molecule has 4 saturated heterocycles. The Morgan fingerprint density at radius 3 is 1.38 bits per heavy atom. The molecule has 0 radical (unpaired) electrons. The molecule has 4 fully saturated rings. The van der Waals surface area contributed by atoms with Gasteiger partial charge in [0, 0.05) is 95.7 Å². The third-order valence-electron chi connectivity index (χ3n) is 7.03. The van der Waals surface area contributed by atoms with E-state index in [0.717, 1.165) is 24.2 Å². The van der Waals surface area contributed by atoms with E-state index in [1.165, 1.54) is 65.4 Å². The first kappa shape index (κ1) is 17.2. The zero-order chi connectivity index (χ0) is 16.8. The van der Waals surface area contributed by atoms with Gasteiger partial charge in [0.05, 0.1) is 0 Å². The lowest BCUT2D eigenvalue weighted by atomic mass is 9.94. The van der Waals surface area contributed by atoms with E-state index in [1.54, 1.807) is 0 Å². The van der Waals surface area contributed by atoms with Crippen molar-refractivity contribution >= 4 is 0 Å². The van der Waals surface area contributed by atoms with Crippen LogP contribution in [0.25, 0.3) is 0 Å². The van der Waals surface area contributed by atoms with E-state index in [-0.39, 0.29) is 0 Å². The fourth-order valence-electron chi connectivity index (χ4n) is 4.79. The van der Waals surface area contributed by atoms with Crippen LogP contribution in [0.15, 0.2) is 0 Å². The summed E-state index contributed by atoms with van der Waals surface area (Å²) in [4.78, 5) is 13.4. The van der Waals surface area contributed by atoms with Gasteiger partial charge in [0.15, 0.2) is 0 Å². The van der Waals surface area contributed by atoms with Gasteiger partial charge in [-0.1, -0.05) is 0 Å². The molecule has 5 heteroatoms. The molecule has 0 aromatic heterocycles. The van der Waals surface area contributed by atoms with Gasteiger partial charge in [-0.3, -0.25) is 24.5 Å². The fourth-order valence-corrected chi connectivity index (χ4v) is 4.79. The van der Waals surface area contributed by atoms with Crippen LogP contribution in [-0.4, -0.2) is 120 Å². The van der Waals surface area contributed by atoms with E-state index in [9.17, 15) is 0 Å². The minimum Gasteiger partial charge on any atom is -0.298 e. The second-order valence-corrected chi connectivity index (χ2v) is 9.08. The van der Waals surface area contributed by atoms with Gasteiger partial charge in [0.1, 0.15) is 0 Å². The summed E-state index contributed by atoms with van der Waals surface area (Å²) in [7, 11) is 0. The summed E-state index contributed by atoms with van der Waals surface area (Å²) in [5.41, 5.74) is 0. The minimum atomic E-state index is 0.712. The second-order valence-electron chi connectivity index (χ2n) is 9.08. The molecule has 0 saturated carbocycles. The molecule has 138 valence electrons. The van der Waals surface area contributed by atoms with E-state index in [4.69, 9.17) is 0 Å². The molecule has 0 aliphatic carbocycles. The zero-order valence-electron chi connectivity index (χ0n) is 16.2. The molecule has 4 aliphatic heterocycles. The van der Waals surface area contributed by atoms with Crippen molar-refractivity contribution in [3.8, 4) is 0 Å². The van der Waals surface area contributed by atoms with Crippen molar-refractivity contribution in [3.63, 3.8) is 0 Å². The molecule has 0 unspecified atom stereocenters. The highest BCUT2D eigenvalue weighted by Crippen LogP contribution is 2.28. The molecule has 4 heterocycles. The molecule has 5 nitrogen and oxygen atoms in total. The van der Waals surface area contributed by atoms with E-state index in [0.29, 0.717) is 6.04 Å².